The second-order valence-corrected chi connectivity index (χ2v) is 6.07. The molecule has 0 aromatic carbocycles. The number of aromatic nitrogens is 2. The molecule has 1 aromatic heterocycles. The largest absolute Gasteiger partial charge is 0.405 e. The highest BCUT2D eigenvalue weighted by molar-refractivity contribution is 7.71. The highest BCUT2D eigenvalue weighted by atomic mass is 32.1. The molecule has 0 amide bonds. The van der Waals surface area contributed by atoms with Crippen LogP contribution in [-0.4, -0.2) is 68.8 Å². The van der Waals surface area contributed by atoms with Gasteiger partial charge in [-0.1, -0.05) is 20.3 Å². The number of rotatable bonds is 4. The lowest BCUT2D eigenvalue weighted by Gasteiger charge is -2.27. The molecule has 0 bridgehead atoms. The van der Waals surface area contributed by atoms with Gasteiger partial charge in [-0.2, -0.15) is 0 Å². The predicted molar refractivity (Wildman–Crippen MR) is 108 cm³/mol. The molecule has 2 atom stereocenters. The topological polar surface area (TPSA) is 180 Å². The van der Waals surface area contributed by atoms with Crippen molar-refractivity contribution in [2.24, 2.45) is 5.73 Å². The number of ether oxygens (including phenoxy) is 2. The Bertz CT molecular complexity index is 705. The minimum Gasteiger partial charge on any atom is -0.405 e. The van der Waals surface area contributed by atoms with Crippen molar-refractivity contribution in [1.82, 2.24) is 9.55 Å². The number of carbonyl (C=O) groups excluding carboxylic acids is 1. The molecule has 1 fully saturated rings. The van der Waals surface area contributed by atoms with Crippen molar-refractivity contribution in [3.63, 3.8) is 0 Å². The molecule has 1 aromatic rings. The minimum atomic E-state index is -2.77. The molecule has 11 nitrogen and oxygen atoms in total. The maximum atomic E-state index is 11.5. The summed E-state index contributed by atoms with van der Waals surface area (Å²) in [5, 5.41) is 33.6. The molecule has 29 heavy (non-hydrogen) atoms. The van der Waals surface area contributed by atoms with E-state index in [9.17, 15) is 19.8 Å². The average Bonchev–Trinajstić information content (AvgIpc) is 3.19. The number of aromatic amines is 1. The van der Waals surface area contributed by atoms with Gasteiger partial charge in [0.1, 0.15) is 6.23 Å². The molecule has 1 aliphatic heterocycles. The molecular formula is C17H33N3O8S. The molecule has 12 heteroatoms. The van der Waals surface area contributed by atoms with Gasteiger partial charge in [0.15, 0.2) is 10.9 Å². The van der Waals surface area contributed by atoms with E-state index in [2.05, 4.69) is 23.6 Å². The van der Waals surface area contributed by atoms with Crippen molar-refractivity contribution in [2.75, 3.05) is 20.8 Å². The summed E-state index contributed by atoms with van der Waals surface area (Å²) in [5.74, 6) is -3.74. The fourth-order valence-corrected chi connectivity index (χ4v) is 2.44. The molecule has 2 heterocycles. The Kier molecular flexibility index (Phi) is 15.5. The number of nitrogens with two attached hydrogens (primary N) is 1. The van der Waals surface area contributed by atoms with E-state index in [1.165, 1.54) is 17.2 Å². The van der Waals surface area contributed by atoms with Crippen LogP contribution in [0.25, 0.3) is 0 Å². The van der Waals surface area contributed by atoms with Crippen molar-refractivity contribution in [3.05, 3.63) is 26.9 Å². The van der Waals surface area contributed by atoms with Crippen molar-refractivity contribution >= 4 is 18.2 Å². The quantitative estimate of drug-likeness (QED) is 0.206. The molecule has 0 radical (unpaired) electrons. The van der Waals surface area contributed by atoms with Crippen LogP contribution in [0, 0.1) is 11.7 Å². The Morgan fingerprint density at radius 2 is 1.86 bits per heavy atom. The Balaban J connectivity index is 0. The zero-order chi connectivity index (χ0) is 23.2. The molecule has 2 unspecified atom stereocenters. The molecule has 1 saturated heterocycles. The Morgan fingerprint density at radius 3 is 2.34 bits per heavy atom. The zero-order valence-electron chi connectivity index (χ0n) is 17.4. The predicted octanol–water partition coefficient (Wildman–Crippen LogP) is -0.334. The molecule has 170 valence electrons. The maximum absolute atomic E-state index is 11.5. The second kappa shape index (κ2) is 15.2. The summed E-state index contributed by atoms with van der Waals surface area (Å²) < 4.78 is 11.6. The minimum absolute atomic E-state index is 0.154. The van der Waals surface area contributed by atoms with E-state index in [1.54, 1.807) is 6.92 Å². The van der Waals surface area contributed by atoms with E-state index in [0.29, 0.717) is 12.0 Å². The van der Waals surface area contributed by atoms with Crippen LogP contribution in [0.15, 0.2) is 11.0 Å². The van der Waals surface area contributed by atoms with Crippen LogP contribution >= 0.6 is 12.2 Å². The number of H-pyrrole nitrogens is 1. The molecule has 1 aliphatic rings. The summed E-state index contributed by atoms with van der Waals surface area (Å²) in [6.45, 7) is 5.38. The summed E-state index contributed by atoms with van der Waals surface area (Å²) in [7, 11) is 2.00. The van der Waals surface area contributed by atoms with E-state index in [-0.39, 0.29) is 16.8 Å². The fourth-order valence-electron chi connectivity index (χ4n) is 2.18. The lowest BCUT2D eigenvalue weighted by atomic mass is 10.2. The summed E-state index contributed by atoms with van der Waals surface area (Å²) in [4.78, 5) is 25.0. The molecule has 7 N–H and O–H groups in total. The Labute approximate surface area is 174 Å². The number of nitrogens with one attached hydrogen (secondary N) is 1. The Hall–Kier alpha value is -1.67. The average molecular weight is 440 g/mol. The molecule has 0 saturated carbocycles. The zero-order valence-corrected chi connectivity index (χ0v) is 18.2. The van der Waals surface area contributed by atoms with Crippen molar-refractivity contribution < 1.29 is 34.7 Å². The normalized spacial score (nSPS) is 17.6. The molecule has 0 aliphatic carbocycles. The number of hydrogen-bond acceptors (Lipinski definition) is 10. The van der Waals surface area contributed by atoms with Gasteiger partial charge in [-0.3, -0.25) is 19.1 Å². The molecule has 0 spiro atoms. The maximum Gasteiger partial charge on any atom is 0.352 e. The molecular weight excluding hydrogens is 406 g/mol. The number of aliphatic hydroxyl groups excluding tert-OH is 2. The van der Waals surface area contributed by atoms with E-state index >= 15 is 0 Å². The molecule has 2 rings (SSSR count). The third-order valence-electron chi connectivity index (χ3n) is 3.30. The summed E-state index contributed by atoms with van der Waals surface area (Å²) in [6.07, 6.45) is 1.63. The summed E-state index contributed by atoms with van der Waals surface area (Å²) in [5.41, 5.74) is 5.20. The third-order valence-corrected chi connectivity index (χ3v) is 3.62. The van der Waals surface area contributed by atoms with Gasteiger partial charge in [0, 0.05) is 26.0 Å². The van der Waals surface area contributed by atoms with E-state index < -0.39 is 30.8 Å². The van der Waals surface area contributed by atoms with Gasteiger partial charge >= 0.3 is 11.9 Å². The van der Waals surface area contributed by atoms with Crippen LogP contribution in [0.5, 0.6) is 0 Å². The second-order valence-electron chi connectivity index (χ2n) is 5.68. The van der Waals surface area contributed by atoms with Gasteiger partial charge in [0.25, 0.3) is 5.56 Å². The highest BCUT2D eigenvalue weighted by Gasteiger charge is 2.45. The van der Waals surface area contributed by atoms with Gasteiger partial charge in [0.2, 0.25) is 0 Å². The first-order valence-corrected chi connectivity index (χ1v) is 9.30. The first-order valence-electron chi connectivity index (χ1n) is 8.89. The van der Waals surface area contributed by atoms with Crippen molar-refractivity contribution in [2.45, 2.75) is 58.3 Å². The van der Waals surface area contributed by atoms with Gasteiger partial charge in [-0.25, -0.2) is 0 Å². The number of nitrogens with zero attached hydrogens (tertiary/aromatic N) is 1. The van der Waals surface area contributed by atoms with Gasteiger partial charge < -0.3 is 35.6 Å². The Morgan fingerprint density at radius 1 is 1.34 bits per heavy atom. The van der Waals surface area contributed by atoms with Gasteiger partial charge in [-0.15, -0.1) is 0 Å². The first kappa shape index (κ1) is 29.5. The number of esters is 1. The van der Waals surface area contributed by atoms with Crippen LogP contribution in [0.1, 0.15) is 44.9 Å². The van der Waals surface area contributed by atoms with E-state index in [4.69, 9.17) is 32.9 Å². The number of aliphatic hydroxyl groups is 4. The monoisotopic (exact) mass is 439 g/mol. The van der Waals surface area contributed by atoms with Crippen molar-refractivity contribution in [1.29, 1.82) is 0 Å². The van der Waals surface area contributed by atoms with Gasteiger partial charge in [0.05, 0.1) is 6.54 Å². The highest BCUT2D eigenvalue weighted by Crippen LogP contribution is 2.33. The smallest absolute Gasteiger partial charge is 0.352 e. The third kappa shape index (κ3) is 9.58. The number of aryl methyl sites for hydroxylation is 1. The standard InChI is InChI=1S/C12H17N3O6S.C3H8.2CH4O/c1-6-5-15(11(22)14-10(6)17)8-3-2-7(20-8)12(18,19)21-9(16)4-13;1-3-2;2*1-2/h5,7-8,18-19H,2-4,13H2,1H3,(H,14,17,22);3H2,1-2H3;2*2H,1H3. The van der Waals surface area contributed by atoms with Crippen LogP contribution in [0.4, 0.5) is 0 Å². The van der Waals surface area contributed by atoms with E-state index in [0.717, 1.165) is 14.2 Å². The summed E-state index contributed by atoms with van der Waals surface area (Å²) >= 11 is 5.06. The lowest BCUT2D eigenvalue weighted by Crippen LogP contribution is -2.47. The SMILES string of the molecule is CCC.CO.CO.Cc1cn(C2CCC(C(O)(O)OC(=O)CN)O2)c(=S)[nH]c1=O. The number of carbonyl (C=O) groups is 1. The van der Waals surface area contributed by atoms with Gasteiger partial charge in [-0.05, 0) is 32.0 Å². The van der Waals surface area contributed by atoms with Crippen LogP contribution in [0.3, 0.4) is 0 Å². The van der Waals surface area contributed by atoms with Crippen LogP contribution in [0.2, 0.25) is 0 Å². The summed E-state index contributed by atoms with van der Waals surface area (Å²) in [6, 6.07) is 0. The lowest BCUT2D eigenvalue weighted by molar-refractivity contribution is -0.362. The van der Waals surface area contributed by atoms with Crippen molar-refractivity contribution in [3.8, 4) is 0 Å². The van der Waals surface area contributed by atoms with Crippen LogP contribution in [-0.2, 0) is 14.3 Å². The van der Waals surface area contributed by atoms with Crippen LogP contribution < -0.4 is 11.3 Å². The van der Waals surface area contributed by atoms with E-state index in [1.807, 2.05) is 0 Å². The fraction of sp³-hybridized carbons (Fsp3) is 0.706. The first-order chi connectivity index (χ1) is 13.7. The number of hydrogen-bond donors (Lipinski definition) is 6.